The third kappa shape index (κ3) is 4.12. The molecule has 0 bridgehead atoms. The molecule has 1 saturated heterocycles. The Hall–Kier alpha value is -0.0800. The van der Waals surface area contributed by atoms with Crippen LogP contribution in [0.4, 0.5) is 0 Å². The van der Waals surface area contributed by atoms with E-state index < -0.39 is 0 Å². The normalized spacial score (nSPS) is 30.4. The third-order valence-electron chi connectivity index (χ3n) is 3.69. The number of aliphatic hydroxyl groups is 1. The van der Waals surface area contributed by atoms with Crippen LogP contribution in [0.5, 0.6) is 0 Å². The van der Waals surface area contributed by atoms with Crippen molar-refractivity contribution in [2.24, 2.45) is 11.8 Å². The van der Waals surface area contributed by atoms with Crippen LogP contribution >= 0.6 is 0 Å². The molecule has 1 N–H and O–H groups in total. The summed E-state index contributed by atoms with van der Waals surface area (Å²) in [5.41, 5.74) is 0. The van der Waals surface area contributed by atoms with Gasteiger partial charge in [0.15, 0.2) is 0 Å². The van der Waals surface area contributed by atoms with Crippen molar-refractivity contribution < 1.29 is 5.11 Å². The van der Waals surface area contributed by atoms with Gasteiger partial charge in [-0.05, 0) is 38.0 Å². The van der Waals surface area contributed by atoms with Crippen molar-refractivity contribution in [1.29, 1.82) is 0 Å². The molecule has 3 unspecified atom stereocenters. The number of likely N-dealkylation sites (tertiary alicyclic amines) is 1. The smallest absolute Gasteiger partial charge is 0.0471 e. The van der Waals surface area contributed by atoms with Crippen LogP contribution in [0.15, 0.2) is 0 Å². The molecule has 1 aliphatic rings. The molecular weight excluding hydrogens is 186 g/mol. The molecule has 90 valence electrons. The minimum Gasteiger partial charge on any atom is -0.396 e. The largest absolute Gasteiger partial charge is 0.396 e. The summed E-state index contributed by atoms with van der Waals surface area (Å²) in [5.74, 6) is 1.32. The first kappa shape index (κ1) is 13.0. The van der Waals surface area contributed by atoms with Crippen molar-refractivity contribution in [3.63, 3.8) is 0 Å². The van der Waals surface area contributed by atoms with Gasteiger partial charge < -0.3 is 10.0 Å². The summed E-state index contributed by atoms with van der Waals surface area (Å²) in [6.45, 7) is 9.61. The predicted octanol–water partition coefficient (Wildman–Crippen LogP) is 2.52. The van der Waals surface area contributed by atoms with Gasteiger partial charge in [0, 0.05) is 25.7 Å². The van der Waals surface area contributed by atoms with E-state index in [1.807, 2.05) is 0 Å². The van der Waals surface area contributed by atoms with Crippen LogP contribution in [0.3, 0.4) is 0 Å². The Labute approximate surface area is 94.7 Å². The monoisotopic (exact) mass is 213 g/mol. The van der Waals surface area contributed by atoms with Crippen molar-refractivity contribution in [3.8, 4) is 0 Å². The molecule has 0 spiro atoms. The average Bonchev–Trinajstić information content (AvgIpc) is 2.21. The maximum absolute atomic E-state index is 9.21. The minimum atomic E-state index is 0.366. The summed E-state index contributed by atoms with van der Waals surface area (Å²) in [7, 11) is 0. The second-order valence-electron chi connectivity index (χ2n) is 5.32. The van der Waals surface area contributed by atoms with Crippen molar-refractivity contribution in [2.45, 2.75) is 52.5 Å². The highest BCUT2D eigenvalue weighted by Crippen LogP contribution is 2.23. The molecule has 0 amide bonds. The third-order valence-corrected chi connectivity index (χ3v) is 3.69. The lowest BCUT2D eigenvalue weighted by molar-refractivity contribution is 0.0708. The molecule has 0 aromatic heterocycles. The van der Waals surface area contributed by atoms with Gasteiger partial charge in [-0.15, -0.1) is 0 Å². The Bertz CT molecular complexity index is 172. The van der Waals surface area contributed by atoms with Crippen LogP contribution in [-0.2, 0) is 0 Å². The van der Waals surface area contributed by atoms with E-state index in [0.29, 0.717) is 18.6 Å². The van der Waals surface area contributed by atoms with Crippen LogP contribution in [0.25, 0.3) is 0 Å². The number of hydrogen-bond donors (Lipinski definition) is 1. The number of piperidine rings is 1. The maximum atomic E-state index is 9.21. The van der Waals surface area contributed by atoms with Gasteiger partial charge in [0.25, 0.3) is 0 Å². The van der Waals surface area contributed by atoms with E-state index in [-0.39, 0.29) is 0 Å². The number of nitrogens with zero attached hydrogens (tertiary/aromatic N) is 1. The molecule has 15 heavy (non-hydrogen) atoms. The highest BCUT2D eigenvalue weighted by Gasteiger charge is 2.25. The molecule has 2 heteroatoms. The molecule has 1 fully saturated rings. The lowest BCUT2D eigenvalue weighted by Crippen LogP contribution is -2.44. The van der Waals surface area contributed by atoms with E-state index in [1.54, 1.807) is 0 Å². The van der Waals surface area contributed by atoms with E-state index in [1.165, 1.54) is 32.2 Å². The van der Waals surface area contributed by atoms with Crippen molar-refractivity contribution in [2.75, 3.05) is 19.7 Å². The fourth-order valence-electron chi connectivity index (χ4n) is 2.65. The first-order valence-electron chi connectivity index (χ1n) is 6.52. The van der Waals surface area contributed by atoms with Crippen molar-refractivity contribution in [1.82, 2.24) is 4.90 Å². The molecule has 0 aliphatic carbocycles. The van der Waals surface area contributed by atoms with Crippen LogP contribution in [0.2, 0.25) is 0 Å². The Kier molecular flexibility index (Phi) is 5.62. The van der Waals surface area contributed by atoms with E-state index in [4.69, 9.17) is 0 Å². The summed E-state index contributed by atoms with van der Waals surface area (Å²) >= 11 is 0. The van der Waals surface area contributed by atoms with Crippen LogP contribution in [0, 0.1) is 11.8 Å². The van der Waals surface area contributed by atoms with Crippen molar-refractivity contribution >= 4 is 0 Å². The van der Waals surface area contributed by atoms with Gasteiger partial charge in [-0.25, -0.2) is 0 Å². The first-order valence-corrected chi connectivity index (χ1v) is 6.52. The minimum absolute atomic E-state index is 0.366. The molecular formula is C13H27NO. The van der Waals surface area contributed by atoms with Crippen LogP contribution in [0.1, 0.15) is 46.5 Å². The van der Waals surface area contributed by atoms with E-state index in [0.717, 1.165) is 12.5 Å². The lowest BCUT2D eigenvalue weighted by atomic mass is 9.92. The zero-order chi connectivity index (χ0) is 11.3. The zero-order valence-corrected chi connectivity index (χ0v) is 10.6. The highest BCUT2D eigenvalue weighted by molar-refractivity contribution is 4.79. The number of hydrogen-bond acceptors (Lipinski definition) is 2. The molecule has 0 radical (unpaired) electrons. The van der Waals surface area contributed by atoms with E-state index in [9.17, 15) is 5.11 Å². The number of aliphatic hydroxyl groups excluding tert-OH is 1. The van der Waals surface area contributed by atoms with Gasteiger partial charge in [-0.3, -0.25) is 0 Å². The summed E-state index contributed by atoms with van der Waals surface area (Å²) < 4.78 is 0. The quantitative estimate of drug-likeness (QED) is 0.758. The van der Waals surface area contributed by atoms with Gasteiger partial charge in [0.05, 0.1) is 0 Å². The van der Waals surface area contributed by atoms with Gasteiger partial charge in [0.1, 0.15) is 0 Å². The fourth-order valence-corrected chi connectivity index (χ4v) is 2.65. The van der Waals surface area contributed by atoms with E-state index >= 15 is 0 Å². The van der Waals surface area contributed by atoms with E-state index in [2.05, 4.69) is 25.7 Å². The summed E-state index contributed by atoms with van der Waals surface area (Å²) in [4.78, 5) is 2.57. The molecule has 0 aromatic carbocycles. The molecule has 0 aromatic rings. The Morgan fingerprint density at radius 3 is 2.73 bits per heavy atom. The molecule has 0 saturated carbocycles. The first-order chi connectivity index (χ1) is 7.17. The van der Waals surface area contributed by atoms with Crippen LogP contribution in [-0.4, -0.2) is 35.7 Å². The Morgan fingerprint density at radius 2 is 2.13 bits per heavy atom. The van der Waals surface area contributed by atoms with Gasteiger partial charge in [0.2, 0.25) is 0 Å². The standard InChI is InChI=1S/C13H27NO/c1-4-5-11(2)8-14-9-13(10-15)7-6-12(14)3/h11-13,15H,4-10H2,1-3H3. The summed E-state index contributed by atoms with van der Waals surface area (Å²) in [5, 5.41) is 9.21. The second kappa shape index (κ2) is 6.49. The van der Waals surface area contributed by atoms with Crippen LogP contribution < -0.4 is 0 Å². The number of rotatable bonds is 5. The predicted molar refractivity (Wildman–Crippen MR) is 64.9 cm³/mol. The molecule has 1 rings (SSSR count). The average molecular weight is 213 g/mol. The SMILES string of the molecule is CCCC(C)CN1CC(CO)CCC1C. The van der Waals surface area contributed by atoms with Gasteiger partial charge >= 0.3 is 0 Å². The lowest BCUT2D eigenvalue weighted by Gasteiger charge is -2.38. The second-order valence-corrected chi connectivity index (χ2v) is 5.32. The highest BCUT2D eigenvalue weighted by atomic mass is 16.3. The Balaban J connectivity index is 2.36. The topological polar surface area (TPSA) is 23.5 Å². The molecule has 1 heterocycles. The van der Waals surface area contributed by atoms with Gasteiger partial charge in [-0.2, -0.15) is 0 Å². The van der Waals surface area contributed by atoms with Gasteiger partial charge in [-0.1, -0.05) is 20.3 Å². The summed E-state index contributed by atoms with van der Waals surface area (Å²) in [6, 6.07) is 0.715. The van der Waals surface area contributed by atoms with Crippen molar-refractivity contribution in [3.05, 3.63) is 0 Å². The fraction of sp³-hybridized carbons (Fsp3) is 1.00. The molecule has 2 nitrogen and oxygen atoms in total. The molecule has 1 aliphatic heterocycles. The summed E-state index contributed by atoms with van der Waals surface area (Å²) in [6.07, 6.45) is 5.07. The molecule has 3 atom stereocenters. The zero-order valence-electron chi connectivity index (χ0n) is 10.6. The Morgan fingerprint density at radius 1 is 1.40 bits per heavy atom. The maximum Gasteiger partial charge on any atom is 0.0471 e.